The number of nitrogens with zero attached hydrogens (tertiary/aromatic N) is 2. The number of anilines is 1. The molecule has 0 saturated heterocycles. The highest BCUT2D eigenvalue weighted by Gasteiger charge is 2.03. The van der Waals surface area contributed by atoms with Crippen molar-refractivity contribution >= 4 is 16.6 Å². The van der Waals surface area contributed by atoms with E-state index in [0.29, 0.717) is 0 Å². The summed E-state index contributed by atoms with van der Waals surface area (Å²) >= 11 is 0. The number of benzene rings is 1. The average molecular weight is 188 g/mol. The SMILES string of the molecule is CN(C)c1ccnc2cc(O)ccc12. The van der Waals surface area contributed by atoms with Gasteiger partial charge in [-0.05, 0) is 18.2 Å². The first-order chi connectivity index (χ1) is 6.68. The van der Waals surface area contributed by atoms with Gasteiger partial charge in [0.25, 0.3) is 0 Å². The first-order valence-electron chi connectivity index (χ1n) is 4.43. The molecule has 1 aromatic heterocycles. The number of phenols is 1. The van der Waals surface area contributed by atoms with Crippen LogP contribution in [0, 0.1) is 0 Å². The van der Waals surface area contributed by atoms with E-state index in [4.69, 9.17) is 0 Å². The summed E-state index contributed by atoms with van der Waals surface area (Å²) in [5.41, 5.74) is 1.92. The molecule has 0 saturated carbocycles. The highest BCUT2D eigenvalue weighted by molar-refractivity contribution is 5.92. The van der Waals surface area contributed by atoms with E-state index in [1.165, 1.54) is 0 Å². The van der Waals surface area contributed by atoms with Crippen LogP contribution in [0.5, 0.6) is 5.75 Å². The van der Waals surface area contributed by atoms with Crippen LogP contribution in [-0.4, -0.2) is 24.2 Å². The summed E-state index contributed by atoms with van der Waals surface area (Å²) in [5.74, 6) is 0.251. The number of pyridine rings is 1. The monoisotopic (exact) mass is 188 g/mol. The van der Waals surface area contributed by atoms with Gasteiger partial charge >= 0.3 is 0 Å². The predicted octanol–water partition coefficient (Wildman–Crippen LogP) is 2.01. The van der Waals surface area contributed by atoms with Crippen molar-refractivity contribution in [3.63, 3.8) is 0 Å². The Morgan fingerprint density at radius 3 is 2.71 bits per heavy atom. The van der Waals surface area contributed by atoms with Crippen molar-refractivity contribution in [2.45, 2.75) is 0 Å². The second-order valence-electron chi connectivity index (χ2n) is 3.43. The minimum Gasteiger partial charge on any atom is -0.508 e. The molecule has 0 amide bonds. The molecule has 3 heteroatoms. The van der Waals surface area contributed by atoms with Crippen LogP contribution in [0.4, 0.5) is 5.69 Å². The number of aromatic nitrogens is 1. The first kappa shape index (κ1) is 8.81. The van der Waals surface area contributed by atoms with Crippen molar-refractivity contribution in [1.82, 2.24) is 4.98 Å². The van der Waals surface area contributed by atoms with E-state index in [0.717, 1.165) is 16.6 Å². The van der Waals surface area contributed by atoms with Crippen LogP contribution in [0.15, 0.2) is 30.5 Å². The van der Waals surface area contributed by atoms with Gasteiger partial charge in [0, 0.05) is 37.4 Å². The van der Waals surface area contributed by atoms with Crippen LogP contribution in [0.2, 0.25) is 0 Å². The third-order valence-electron chi connectivity index (χ3n) is 2.19. The molecule has 0 aliphatic heterocycles. The van der Waals surface area contributed by atoms with Gasteiger partial charge in [0.1, 0.15) is 5.75 Å². The molecule has 0 bridgehead atoms. The zero-order valence-electron chi connectivity index (χ0n) is 8.23. The molecule has 0 spiro atoms. The Hall–Kier alpha value is -1.77. The number of rotatable bonds is 1. The lowest BCUT2D eigenvalue weighted by Crippen LogP contribution is -2.09. The summed E-state index contributed by atoms with van der Waals surface area (Å²) < 4.78 is 0. The van der Waals surface area contributed by atoms with Crippen molar-refractivity contribution in [3.8, 4) is 5.75 Å². The minimum absolute atomic E-state index is 0.251. The Balaban J connectivity index is 2.75. The second kappa shape index (κ2) is 3.18. The maximum absolute atomic E-state index is 9.31. The minimum atomic E-state index is 0.251. The topological polar surface area (TPSA) is 36.4 Å². The van der Waals surface area contributed by atoms with Crippen LogP contribution in [-0.2, 0) is 0 Å². The number of fused-ring (bicyclic) bond motifs is 1. The van der Waals surface area contributed by atoms with E-state index in [-0.39, 0.29) is 5.75 Å². The molecule has 1 N–H and O–H groups in total. The van der Waals surface area contributed by atoms with Crippen molar-refractivity contribution in [2.24, 2.45) is 0 Å². The summed E-state index contributed by atoms with van der Waals surface area (Å²) in [4.78, 5) is 6.23. The molecule has 0 atom stereocenters. The average Bonchev–Trinajstić information content (AvgIpc) is 2.16. The van der Waals surface area contributed by atoms with Crippen molar-refractivity contribution in [2.75, 3.05) is 19.0 Å². The molecule has 3 nitrogen and oxygen atoms in total. The van der Waals surface area contributed by atoms with Gasteiger partial charge in [-0.15, -0.1) is 0 Å². The van der Waals surface area contributed by atoms with Crippen LogP contribution < -0.4 is 4.90 Å². The predicted molar refractivity (Wildman–Crippen MR) is 57.7 cm³/mol. The van der Waals surface area contributed by atoms with Gasteiger partial charge in [-0.2, -0.15) is 0 Å². The van der Waals surface area contributed by atoms with Crippen LogP contribution in [0.25, 0.3) is 10.9 Å². The molecule has 0 unspecified atom stereocenters. The van der Waals surface area contributed by atoms with E-state index in [1.807, 2.05) is 31.1 Å². The van der Waals surface area contributed by atoms with Gasteiger partial charge < -0.3 is 10.0 Å². The fourth-order valence-corrected chi connectivity index (χ4v) is 1.51. The third-order valence-corrected chi connectivity index (χ3v) is 2.19. The zero-order valence-corrected chi connectivity index (χ0v) is 8.23. The molecule has 14 heavy (non-hydrogen) atoms. The largest absolute Gasteiger partial charge is 0.508 e. The van der Waals surface area contributed by atoms with E-state index >= 15 is 0 Å². The van der Waals surface area contributed by atoms with Gasteiger partial charge in [0.05, 0.1) is 5.52 Å². The van der Waals surface area contributed by atoms with Gasteiger partial charge in [-0.1, -0.05) is 0 Å². The Morgan fingerprint density at radius 1 is 1.21 bits per heavy atom. The molecule has 0 radical (unpaired) electrons. The number of phenolic OH excluding ortho intramolecular Hbond substituents is 1. The fraction of sp³-hybridized carbons (Fsp3) is 0.182. The summed E-state index contributed by atoms with van der Waals surface area (Å²) in [6.07, 6.45) is 1.75. The molecule has 0 aliphatic rings. The Bertz CT molecular complexity index is 466. The number of hydrogen-bond donors (Lipinski definition) is 1. The summed E-state index contributed by atoms with van der Waals surface area (Å²) in [7, 11) is 3.98. The van der Waals surface area contributed by atoms with E-state index < -0.39 is 0 Å². The third kappa shape index (κ3) is 1.37. The van der Waals surface area contributed by atoms with Crippen molar-refractivity contribution < 1.29 is 5.11 Å². The summed E-state index contributed by atoms with van der Waals surface area (Å²) in [5, 5.41) is 10.4. The molecule has 2 aromatic rings. The van der Waals surface area contributed by atoms with E-state index in [9.17, 15) is 5.11 Å². The summed E-state index contributed by atoms with van der Waals surface area (Å²) in [6, 6.07) is 7.19. The Kier molecular flexibility index (Phi) is 2.00. The lowest BCUT2D eigenvalue weighted by molar-refractivity contribution is 0.476. The summed E-state index contributed by atoms with van der Waals surface area (Å²) in [6.45, 7) is 0. The Labute approximate surface area is 82.6 Å². The normalized spacial score (nSPS) is 10.4. The molecule has 0 aliphatic carbocycles. The van der Waals surface area contributed by atoms with Gasteiger partial charge in [0.2, 0.25) is 0 Å². The van der Waals surface area contributed by atoms with Crippen molar-refractivity contribution in [1.29, 1.82) is 0 Å². The molecule has 1 heterocycles. The second-order valence-corrected chi connectivity index (χ2v) is 3.43. The lowest BCUT2D eigenvalue weighted by Gasteiger charge is -2.14. The number of aromatic hydroxyl groups is 1. The van der Waals surface area contributed by atoms with Gasteiger partial charge in [-0.3, -0.25) is 4.98 Å². The highest BCUT2D eigenvalue weighted by atomic mass is 16.3. The fourth-order valence-electron chi connectivity index (χ4n) is 1.51. The van der Waals surface area contributed by atoms with Gasteiger partial charge in [0.15, 0.2) is 0 Å². The standard InChI is InChI=1S/C11H12N2O/c1-13(2)11-5-6-12-10-7-8(14)3-4-9(10)11/h3-7,14H,1-2H3. The molecule has 0 fully saturated rings. The lowest BCUT2D eigenvalue weighted by atomic mass is 10.1. The molecular weight excluding hydrogens is 176 g/mol. The van der Waals surface area contributed by atoms with Crippen LogP contribution >= 0.6 is 0 Å². The van der Waals surface area contributed by atoms with E-state index in [2.05, 4.69) is 4.98 Å². The molecule has 2 rings (SSSR count). The van der Waals surface area contributed by atoms with Crippen LogP contribution in [0.1, 0.15) is 0 Å². The zero-order chi connectivity index (χ0) is 10.1. The van der Waals surface area contributed by atoms with Gasteiger partial charge in [-0.25, -0.2) is 0 Å². The quantitative estimate of drug-likeness (QED) is 0.743. The smallest absolute Gasteiger partial charge is 0.117 e. The van der Waals surface area contributed by atoms with Crippen molar-refractivity contribution in [3.05, 3.63) is 30.5 Å². The maximum atomic E-state index is 9.31. The number of hydrogen-bond acceptors (Lipinski definition) is 3. The molecular formula is C11H12N2O. The highest BCUT2D eigenvalue weighted by Crippen LogP contribution is 2.26. The maximum Gasteiger partial charge on any atom is 0.117 e. The Morgan fingerprint density at radius 2 is 2.00 bits per heavy atom. The first-order valence-corrected chi connectivity index (χ1v) is 4.43. The van der Waals surface area contributed by atoms with Crippen LogP contribution in [0.3, 0.4) is 0 Å². The van der Waals surface area contributed by atoms with E-state index in [1.54, 1.807) is 18.3 Å². The molecule has 72 valence electrons. The molecule has 1 aromatic carbocycles.